The first-order chi connectivity index (χ1) is 18.0. The number of amides is 2. The number of benzene rings is 3. The zero-order chi connectivity index (χ0) is 25.6. The highest BCUT2D eigenvalue weighted by Gasteiger charge is 2.13. The summed E-state index contributed by atoms with van der Waals surface area (Å²) in [5.74, 6) is -0.354. The summed E-state index contributed by atoms with van der Waals surface area (Å²) in [6, 6.07) is 26.3. The lowest BCUT2D eigenvalue weighted by Gasteiger charge is -2.11. The minimum Gasteiger partial charge on any atom is -0.326 e. The molecule has 0 bridgehead atoms. The highest BCUT2D eigenvalue weighted by atomic mass is 32.2. The summed E-state index contributed by atoms with van der Waals surface area (Å²) in [5, 5.41) is 14.2. The van der Waals surface area contributed by atoms with Crippen LogP contribution in [0.5, 0.6) is 0 Å². The second-order valence-electron chi connectivity index (χ2n) is 8.22. The largest absolute Gasteiger partial charge is 0.326 e. The molecule has 0 spiro atoms. The van der Waals surface area contributed by atoms with Crippen LogP contribution >= 0.6 is 11.8 Å². The predicted octanol–water partition coefficient (Wildman–Crippen LogP) is 6.49. The molecule has 0 radical (unpaired) electrons. The summed E-state index contributed by atoms with van der Waals surface area (Å²) in [6.07, 6.45) is 5.63. The van der Waals surface area contributed by atoms with Crippen LogP contribution in [0.1, 0.15) is 28.7 Å². The summed E-state index contributed by atoms with van der Waals surface area (Å²) in [7, 11) is 0. The number of aromatic nitrogens is 3. The molecule has 0 saturated heterocycles. The summed E-state index contributed by atoms with van der Waals surface area (Å²) in [5.41, 5.74) is 4.50. The van der Waals surface area contributed by atoms with E-state index < -0.39 is 0 Å². The molecule has 8 heteroatoms. The Morgan fingerprint density at radius 2 is 1.62 bits per heavy atom. The molecule has 5 aromatic rings. The number of aromatic amines is 1. The lowest BCUT2D eigenvalue weighted by molar-refractivity contribution is -0.114. The van der Waals surface area contributed by atoms with Crippen LogP contribution in [0.4, 0.5) is 11.4 Å². The maximum absolute atomic E-state index is 13.1. The van der Waals surface area contributed by atoms with Crippen molar-refractivity contribution in [2.75, 3.05) is 10.6 Å². The Balaban J connectivity index is 1.32. The molecular weight excluding hydrogens is 482 g/mol. The Morgan fingerprint density at radius 3 is 2.38 bits per heavy atom. The number of pyridine rings is 1. The van der Waals surface area contributed by atoms with Crippen molar-refractivity contribution in [1.29, 1.82) is 0 Å². The third-order valence-corrected chi connectivity index (χ3v) is 6.55. The second kappa shape index (κ2) is 10.9. The smallest absolute Gasteiger partial charge is 0.256 e. The van der Waals surface area contributed by atoms with E-state index in [-0.39, 0.29) is 11.8 Å². The van der Waals surface area contributed by atoms with E-state index in [0.29, 0.717) is 16.9 Å². The highest BCUT2D eigenvalue weighted by Crippen LogP contribution is 2.33. The van der Waals surface area contributed by atoms with Crippen molar-refractivity contribution < 1.29 is 9.59 Å². The number of nitrogens with one attached hydrogen (secondary N) is 3. The number of rotatable bonds is 7. The van der Waals surface area contributed by atoms with E-state index in [1.807, 2.05) is 66.7 Å². The molecule has 7 nitrogen and oxygen atoms in total. The van der Waals surface area contributed by atoms with E-state index in [4.69, 9.17) is 0 Å². The van der Waals surface area contributed by atoms with Gasteiger partial charge in [-0.25, -0.2) is 0 Å². The number of carbonyl (C=O) groups excluding carboxylic acids is 2. The maximum Gasteiger partial charge on any atom is 0.256 e. The zero-order valence-corrected chi connectivity index (χ0v) is 20.8. The molecule has 0 saturated carbocycles. The van der Waals surface area contributed by atoms with E-state index >= 15 is 0 Å². The van der Waals surface area contributed by atoms with Gasteiger partial charge in [-0.15, -0.1) is 0 Å². The molecule has 2 heterocycles. The van der Waals surface area contributed by atoms with Crippen molar-refractivity contribution in [2.45, 2.75) is 16.7 Å². The van der Waals surface area contributed by atoms with Gasteiger partial charge in [0.15, 0.2) is 0 Å². The Kier molecular flexibility index (Phi) is 7.09. The molecule has 37 heavy (non-hydrogen) atoms. The number of fused-ring (bicyclic) bond motifs is 1. The number of carbonyl (C=O) groups is 2. The minimum atomic E-state index is -0.208. The number of hydrogen-bond acceptors (Lipinski definition) is 5. The van der Waals surface area contributed by atoms with Gasteiger partial charge in [-0.2, -0.15) is 5.10 Å². The molecule has 0 fully saturated rings. The maximum atomic E-state index is 13.1. The summed E-state index contributed by atoms with van der Waals surface area (Å²) >= 11 is 1.51. The van der Waals surface area contributed by atoms with E-state index in [9.17, 15) is 9.59 Å². The van der Waals surface area contributed by atoms with Gasteiger partial charge in [0, 0.05) is 39.7 Å². The minimum absolute atomic E-state index is 0.145. The van der Waals surface area contributed by atoms with Crippen molar-refractivity contribution >= 4 is 58.0 Å². The molecule has 3 N–H and O–H groups in total. The average Bonchev–Trinajstić information content (AvgIpc) is 3.31. The first kappa shape index (κ1) is 24.0. The van der Waals surface area contributed by atoms with Crippen molar-refractivity contribution in [3.8, 4) is 0 Å². The molecule has 0 aliphatic carbocycles. The molecule has 0 aliphatic heterocycles. The van der Waals surface area contributed by atoms with Gasteiger partial charge < -0.3 is 10.6 Å². The van der Waals surface area contributed by atoms with Crippen LogP contribution in [-0.2, 0) is 4.79 Å². The lowest BCUT2D eigenvalue weighted by atomic mass is 10.2. The first-order valence-corrected chi connectivity index (χ1v) is 12.4. The normalized spacial score (nSPS) is 11.1. The molecule has 3 aromatic carbocycles. The van der Waals surface area contributed by atoms with Crippen LogP contribution in [0.2, 0.25) is 0 Å². The molecular formula is C29H23N5O2S. The van der Waals surface area contributed by atoms with Crippen LogP contribution in [0, 0.1) is 0 Å². The van der Waals surface area contributed by atoms with Gasteiger partial charge in [-0.1, -0.05) is 30.0 Å². The van der Waals surface area contributed by atoms with Crippen LogP contribution in [-0.4, -0.2) is 27.0 Å². The van der Waals surface area contributed by atoms with Crippen LogP contribution in [0.25, 0.3) is 23.1 Å². The first-order valence-electron chi connectivity index (χ1n) is 11.6. The molecule has 0 aliphatic rings. The number of anilines is 2. The predicted molar refractivity (Wildman–Crippen MR) is 149 cm³/mol. The Labute approximate surface area is 218 Å². The van der Waals surface area contributed by atoms with E-state index in [0.717, 1.165) is 32.1 Å². The monoisotopic (exact) mass is 505 g/mol. The van der Waals surface area contributed by atoms with Gasteiger partial charge in [-0.3, -0.25) is 19.7 Å². The molecule has 0 atom stereocenters. The fourth-order valence-electron chi connectivity index (χ4n) is 3.76. The Bertz CT molecular complexity index is 1590. The van der Waals surface area contributed by atoms with Crippen LogP contribution < -0.4 is 10.6 Å². The second-order valence-corrected chi connectivity index (χ2v) is 9.33. The molecule has 5 rings (SSSR count). The van der Waals surface area contributed by atoms with Crippen LogP contribution in [0.15, 0.2) is 101 Å². The fourth-order valence-corrected chi connectivity index (χ4v) is 4.74. The Morgan fingerprint density at radius 1 is 0.865 bits per heavy atom. The van der Waals surface area contributed by atoms with Crippen molar-refractivity contribution in [2.24, 2.45) is 0 Å². The van der Waals surface area contributed by atoms with Crippen LogP contribution in [0.3, 0.4) is 0 Å². The number of hydrogen-bond donors (Lipinski definition) is 3. The van der Waals surface area contributed by atoms with Crippen molar-refractivity contribution in [3.05, 3.63) is 108 Å². The van der Waals surface area contributed by atoms with Crippen molar-refractivity contribution in [1.82, 2.24) is 15.2 Å². The van der Waals surface area contributed by atoms with Crippen molar-refractivity contribution in [3.63, 3.8) is 0 Å². The zero-order valence-electron chi connectivity index (χ0n) is 19.9. The molecule has 182 valence electrons. The van der Waals surface area contributed by atoms with Gasteiger partial charge in [0.2, 0.25) is 5.91 Å². The third-order valence-electron chi connectivity index (χ3n) is 5.49. The van der Waals surface area contributed by atoms with Gasteiger partial charge in [0.25, 0.3) is 5.91 Å². The van der Waals surface area contributed by atoms with Gasteiger partial charge in [-0.05, 0) is 78.9 Å². The van der Waals surface area contributed by atoms with E-state index in [2.05, 4.69) is 25.8 Å². The van der Waals surface area contributed by atoms with Gasteiger partial charge >= 0.3 is 0 Å². The lowest BCUT2D eigenvalue weighted by Crippen LogP contribution is -2.13. The number of nitrogens with zero attached hydrogens (tertiary/aromatic N) is 2. The van der Waals surface area contributed by atoms with E-state index in [1.54, 1.807) is 36.5 Å². The summed E-state index contributed by atoms with van der Waals surface area (Å²) < 4.78 is 0. The quantitative estimate of drug-likeness (QED) is 0.235. The number of H-pyrrole nitrogens is 1. The topological polar surface area (TPSA) is 99.8 Å². The standard InChI is InChI=1S/C29H23N5O2S/c1-19(35)31-21-9-11-22(12-10-21)32-29(36)25-7-2-3-8-28(25)37-23-14-15-24-26(33-34-27(24)18-23)16-13-20-6-4-5-17-30-20/h2-18H,1H3,(H,31,35)(H,32,36)(H,33,34)/b16-13+. The average molecular weight is 506 g/mol. The molecule has 2 amide bonds. The summed E-state index contributed by atoms with van der Waals surface area (Å²) in [4.78, 5) is 30.4. The molecule has 0 unspecified atom stereocenters. The Hall–Kier alpha value is -4.69. The van der Waals surface area contributed by atoms with E-state index in [1.165, 1.54) is 18.7 Å². The van der Waals surface area contributed by atoms with Gasteiger partial charge in [0.1, 0.15) is 0 Å². The fraction of sp³-hybridized carbons (Fsp3) is 0.0345. The highest BCUT2D eigenvalue weighted by molar-refractivity contribution is 7.99. The molecule has 2 aromatic heterocycles. The van der Waals surface area contributed by atoms with Gasteiger partial charge in [0.05, 0.1) is 22.5 Å². The SMILES string of the molecule is CC(=O)Nc1ccc(NC(=O)c2ccccc2Sc2ccc3c(/C=C/c4ccccn4)n[nH]c3c2)cc1. The third kappa shape index (κ3) is 5.94. The summed E-state index contributed by atoms with van der Waals surface area (Å²) in [6.45, 7) is 1.45.